The second kappa shape index (κ2) is 9.55. The van der Waals surface area contributed by atoms with Crippen LogP contribution in [0.2, 0.25) is 0 Å². The summed E-state index contributed by atoms with van der Waals surface area (Å²) >= 11 is 0. The largest absolute Gasteiger partial charge is 0.381 e. The molecule has 2 saturated heterocycles. The van der Waals surface area contributed by atoms with E-state index in [0.717, 1.165) is 53.7 Å². The van der Waals surface area contributed by atoms with Crippen LogP contribution in [-0.2, 0) is 9.53 Å². The van der Waals surface area contributed by atoms with E-state index in [1.54, 1.807) is 0 Å². The summed E-state index contributed by atoms with van der Waals surface area (Å²) in [6.07, 6.45) is 4.87. The molecule has 1 aliphatic carbocycles. The molecular formula is C25H33N5O2. The molecule has 32 heavy (non-hydrogen) atoms. The first-order valence-corrected chi connectivity index (χ1v) is 11.9. The average molecular weight is 436 g/mol. The molecule has 0 bridgehead atoms. The highest BCUT2D eigenvalue weighted by molar-refractivity contribution is 5.93. The molecule has 5 rings (SSSR count). The number of nitrogens with zero attached hydrogens (tertiary/aromatic N) is 3. The third kappa shape index (κ3) is 4.94. The Bertz CT molecular complexity index is 914. The highest BCUT2D eigenvalue weighted by Crippen LogP contribution is 2.39. The molecule has 170 valence electrons. The minimum atomic E-state index is -0.0956. The van der Waals surface area contributed by atoms with Gasteiger partial charge in [0, 0.05) is 51.4 Å². The van der Waals surface area contributed by atoms with Gasteiger partial charge in [0.1, 0.15) is 5.82 Å². The Hall–Kier alpha value is -2.51. The van der Waals surface area contributed by atoms with Gasteiger partial charge in [-0.1, -0.05) is 18.2 Å². The first kappa shape index (κ1) is 21.3. The fourth-order valence-electron chi connectivity index (χ4n) is 5.73. The van der Waals surface area contributed by atoms with Gasteiger partial charge in [0.15, 0.2) is 0 Å². The zero-order valence-electron chi connectivity index (χ0n) is 18.8. The number of benzene rings is 1. The monoisotopic (exact) mass is 435 g/mol. The Kier molecular flexibility index (Phi) is 6.37. The molecule has 2 N–H and O–H groups in total. The standard InChI is InChI=1S/C25H33N5O2/c1-17(31)26-23-5-3-2-4-22(23)24-6-7-25(29-28-24)27-21-12-19-15-30(16-20(19)13-21)14-18-8-10-32-11-9-18/h2-7,18-21H,8-16H2,1H3,(H,26,31)(H,27,29)/t19-,20?,21?/m1/s1. The normalized spacial score (nSPS) is 26.1. The number of amides is 1. The number of carbonyl (C=O) groups excluding carboxylic acids is 1. The van der Waals surface area contributed by atoms with E-state index in [-0.39, 0.29) is 5.91 Å². The summed E-state index contributed by atoms with van der Waals surface area (Å²) in [6.45, 7) is 7.12. The molecule has 3 aliphatic rings. The smallest absolute Gasteiger partial charge is 0.221 e. The van der Waals surface area contributed by atoms with Crippen molar-refractivity contribution >= 4 is 17.4 Å². The fraction of sp³-hybridized carbons (Fsp3) is 0.560. The number of rotatable bonds is 6. The second-order valence-corrected chi connectivity index (χ2v) is 9.64. The van der Waals surface area contributed by atoms with Crippen LogP contribution in [0.1, 0.15) is 32.6 Å². The van der Waals surface area contributed by atoms with E-state index in [1.807, 2.05) is 36.4 Å². The van der Waals surface area contributed by atoms with E-state index in [0.29, 0.717) is 6.04 Å². The highest BCUT2D eigenvalue weighted by Gasteiger charge is 2.41. The highest BCUT2D eigenvalue weighted by atomic mass is 16.5. The molecule has 3 heterocycles. The maximum atomic E-state index is 11.5. The van der Waals surface area contributed by atoms with Crippen LogP contribution < -0.4 is 10.6 Å². The summed E-state index contributed by atoms with van der Waals surface area (Å²) < 4.78 is 5.51. The SMILES string of the molecule is CC(=O)Nc1ccccc1-c1ccc(NC2CC3CN(CC4CCOCC4)C[C@H]3C2)nn1. The lowest BCUT2D eigenvalue weighted by Crippen LogP contribution is -2.32. The van der Waals surface area contributed by atoms with Gasteiger partial charge in [-0.05, 0) is 61.6 Å². The number of nitrogens with one attached hydrogen (secondary N) is 2. The van der Waals surface area contributed by atoms with Gasteiger partial charge in [-0.25, -0.2) is 0 Å². The third-order valence-electron chi connectivity index (χ3n) is 7.21. The van der Waals surface area contributed by atoms with Crippen LogP contribution in [0.15, 0.2) is 36.4 Å². The Morgan fingerprint density at radius 1 is 1.06 bits per heavy atom. The van der Waals surface area contributed by atoms with Crippen LogP contribution >= 0.6 is 0 Å². The number of fused-ring (bicyclic) bond motifs is 1. The van der Waals surface area contributed by atoms with Gasteiger partial charge in [-0.15, -0.1) is 10.2 Å². The first-order chi connectivity index (χ1) is 15.6. The minimum absolute atomic E-state index is 0.0956. The third-order valence-corrected chi connectivity index (χ3v) is 7.21. The summed E-state index contributed by atoms with van der Waals surface area (Å²) in [6, 6.07) is 12.1. The van der Waals surface area contributed by atoms with Crippen molar-refractivity contribution in [2.24, 2.45) is 17.8 Å². The average Bonchev–Trinajstić information content (AvgIpc) is 3.33. The molecule has 3 atom stereocenters. The van der Waals surface area contributed by atoms with E-state index >= 15 is 0 Å². The Morgan fingerprint density at radius 2 is 1.81 bits per heavy atom. The van der Waals surface area contributed by atoms with Crippen LogP contribution in [-0.4, -0.2) is 59.9 Å². The van der Waals surface area contributed by atoms with Crippen LogP contribution in [0.4, 0.5) is 11.5 Å². The van der Waals surface area contributed by atoms with Crippen molar-refractivity contribution in [3.63, 3.8) is 0 Å². The molecule has 2 aliphatic heterocycles. The Balaban J connectivity index is 1.15. The molecule has 1 saturated carbocycles. The zero-order chi connectivity index (χ0) is 21.9. The van der Waals surface area contributed by atoms with Crippen LogP contribution in [0, 0.1) is 17.8 Å². The van der Waals surface area contributed by atoms with Gasteiger partial charge in [0.05, 0.1) is 11.4 Å². The topological polar surface area (TPSA) is 79.4 Å². The van der Waals surface area contributed by atoms with E-state index in [4.69, 9.17) is 4.74 Å². The van der Waals surface area contributed by atoms with Crippen molar-refractivity contribution in [2.45, 2.75) is 38.6 Å². The molecule has 7 heteroatoms. The predicted molar refractivity (Wildman–Crippen MR) is 125 cm³/mol. The predicted octanol–water partition coefficient (Wildman–Crippen LogP) is 3.65. The molecule has 1 aromatic carbocycles. The van der Waals surface area contributed by atoms with E-state index in [9.17, 15) is 4.79 Å². The van der Waals surface area contributed by atoms with Gasteiger partial charge >= 0.3 is 0 Å². The van der Waals surface area contributed by atoms with E-state index in [2.05, 4.69) is 25.7 Å². The molecule has 7 nitrogen and oxygen atoms in total. The maximum Gasteiger partial charge on any atom is 0.221 e. The van der Waals surface area contributed by atoms with Crippen molar-refractivity contribution < 1.29 is 9.53 Å². The maximum absolute atomic E-state index is 11.5. The van der Waals surface area contributed by atoms with Gasteiger partial charge in [-0.2, -0.15) is 0 Å². The van der Waals surface area contributed by atoms with Crippen molar-refractivity contribution in [3.05, 3.63) is 36.4 Å². The van der Waals surface area contributed by atoms with Crippen LogP contribution in [0.3, 0.4) is 0 Å². The zero-order valence-corrected chi connectivity index (χ0v) is 18.8. The van der Waals surface area contributed by atoms with Crippen molar-refractivity contribution in [2.75, 3.05) is 43.5 Å². The number of aromatic nitrogens is 2. The summed E-state index contributed by atoms with van der Waals surface area (Å²) in [5, 5.41) is 15.3. The van der Waals surface area contributed by atoms with Gasteiger partial charge in [0.2, 0.25) is 5.91 Å². The Morgan fingerprint density at radius 3 is 2.50 bits per heavy atom. The van der Waals surface area contributed by atoms with E-state index in [1.165, 1.54) is 52.2 Å². The van der Waals surface area contributed by atoms with Crippen LogP contribution in [0.25, 0.3) is 11.3 Å². The van der Waals surface area contributed by atoms with Crippen molar-refractivity contribution in [1.82, 2.24) is 15.1 Å². The summed E-state index contributed by atoms with van der Waals surface area (Å²) in [5.74, 6) is 3.14. The molecule has 0 spiro atoms. The number of para-hydroxylation sites is 1. The van der Waals surface area contributed by atoms with Gasteiger partial charge in [-0.3, -0.25) is 4.79 Å². The number of ether oxygens (including phenoxy) is 1. The number of anilines is 2. The molecule has 3 fully saturated rings. The van der Waals surface area contributed by atoms with Crippen molar-refractivity contribution in [3.8, 4) is 11.3 Å². The molecular weight excluding hydrogens is 402 g/mol. The summed E-state index contributed by atoms with van der Waals surface area (Å²) in [5.41, 5.74) is 2.39. The molecule has 1 aromatic heterocycles. The lowest BCUT2D eigenvalue weighted by Gasteiger charge is -2.27. The number of carbonyl (C=O) groups is 1. The minimum Gasteiger partial charge on any atom is -0.381 e. The second-order valence-electron chi connectivity index (χ2n) is 9.64. The molecule has 2 unspecified atom stereocenters. The molecule has 0 radical (unpaired) electrons. The fourth-order valence-corrected chi connectivity index (χ4v) is 5.73. The van der Waals surface area contributed by atoms with Gasteiger partial charge < -0.3 is 20.3 Å². The quantitative estimate of drug-likeness (QED) is 0.721. The summed E-state index contributed by atoms with van der Waals surface area (Å²) in [7, 11) is 0. The summed E-state index contributed by atoms with van der Waals surface area (Å²) in [4.78, 5) is 14.2. The van der Waals surface area contributed by atoms with E-state index < -0.39 is 0 Å². The first-order valence-electron chi connectivity index (χ1n) is 11.9. The number of hydrogen-bond acceptors (Lipinski definition) is 6. The van der Waals surface area contributed by atoms with Gasteiger partial charge in [0.25, 0.3) is 0 Å². The lowest BCUT2D eigenvalue weighted by molar-refractivity contribution is -0.114. The number of likely N-dealkylation sites (tertiary alicyclic amines) is 1. The van der Waals surface area contributed by atoms with Crippen molar-refractivity contribution in [1.29, 1.82) is 0 Å². The lowest BCUT2D eigenvalue weighted by atomic mass is 10.00. The molecule has 2 aromatic rings. The van der Waals surface area contributed by atoms with Crippen LogP contribution in [0.5, 0.6) is 0 Å². The Labute approximate surface area is 189 Å². The molecule has 1 amide bonds. The number of hydrogen-bond donors (Lipinski definition) is 2.